The van der Waals surface area contributed by atoms with E-state index >= 15 is 0 Å². The first-order valence-electron chi connectivity index (χ1n) is 20.4. The maximum absolute atomic E-state index is 6.05. The normalized spacial score (nSPS) is 11.8. The summed E-state index contributed by atoms with van der Waals surface area (Å²) in [5, 5.41) is 12.7. The third-order valence-corrected chi connectivity index (χ3v) is 13.1. The minimum atomic E-state index is 0.656. The second-order valence-corrected chi connectivity index (χ2v) is 16.2. The molecule has 0 saturated heterocycles. The van der Waals surface area contributed by atoms with E-state index in [1.165, 1.54) is 113 Å². The Hall–Kier alpha value is -6.74. The van der Waals surface area contributed by atoms with Crippen molar-refractivity contribution in [3.63, 3.8) is 0 Å². The van der Waals surface area contributed by atoms with Gasteiger partial charge in [0, 0.05) is 20.2 Å². The van der Waals surface area contributed by atoms with Gasteiger partial charge in [0.25, 0.3) is 0 Å². The monoisotopic (exact) mass is 760 g/mol. The van der Waals surface area contributed by atoms with Crippen molar-refractivity contribution >= 4 is 74.6 Å². The Morgan fingerprint density at radius 3 is 1.22 bits per heavy atom. The highest BCUT2D eigenvalue weighted by Gasteiger charge is 2.23. The minimum absolute atomic E-state index is 0.656. The van der Waals surface area contributed by atoms with Crippen molar-refractivity contribution in [2.45, 2.75) is 20.3 Å². The number of fused-ring (bicyclic) bond motifs is 7. The van der Waals surface area contributed by atoms with Crippen LogP contribution < -0.4 is 4.74 Å². The molecule has 0 aliphatic rings. The molecule has 0 radical (unpaired) electrons. The van der Waals surface area contributed by atoms with Crippen LogP contribution in [0, 0.1) is 0 Å². The Balaban J connectivity index is 1.25. The smallest absolute Gasteiger partial charge is 0.122 e. The fourth-order valence-electron chi connectivity index (χ4n) is 9.65. The van der Waals surface area contributed by atoms with Gasteiger partial charge in [0.05, 0.1) is 6.61 Å². The third kappa shape index (κ3) is 5.29. The molecule has 0 aliphatic carbocycles. The van der Waals surface area contributed by atoms with Gasteiger partial charge < -0.3 is 4.74 Å². The summed E-state index contributed by atoms with van der Waals surface area (Å²) >= 11 is 1.90. The number of aryl methyl sites for hydroxylation is 1. The molecule has 0 saturated carbocycles. The van der Waals surface area contributed by atoms with Crippen LogP contribution in [0.1, 0.15) is 19.4 Å². The van der Waals surface area contributed by atoms with Crippen LogP contribution in [0.25, 0.3) is 108 Å². The maximum Gasteiger partial charge on any atom is 0.122 e. The van der Waals surface area contributed by atoms with E-state index in [1.54, 1.807) is 0 Å². The van der Waals surface area contributed by atoms with Gasteiger partial charge >= 0.3 is 0 Å². The number of thiophene rings is 1. The molecule has 0 spiro atoms. The van der Waals surface area contributed by atoms with E-state index in [0.29, 0.717) is 6.61 Å². The van der Waals surface area contributed by atoms with Crippen molar-refractivity contribution in [3.05, 3.63) is 188 Å². The summed E-state index contributed by atoms with van der Waals surface area (Å²) in [7, 11) is 0. The molecule has 0 amide bonds. The predicted molar refractivity (Wildman–Crippen MR) is 252 cm³/mol. The largest absolute Gasteiger partial charge is 0.494 e. The van der Waals surface area contributed by atoms with E-state index in [9.17, 15) is 0 Å². The van der Waals surface area contributed by atoms with Crippen molar-refractivity contribution in [1.82, 2.24) is 0 Å². The summed E-state index contributed by atoms with van der Waals surface area (Å²) in [4.78, 5) is 0. The Labute approximate surface area is 342 Å². The number of rotatable bonds is 7. The lowest BCUT2D eigenvalue weighted by Gasteiger charge is -2.20. The average Bonchev–Trinajstić information content (AvgIpc) is 3.68. The average molecular weight is 761 g/mol. The van der Waals surface area contributed by atoms with E-state index in [0.717, 1.165) is 12.2 Å². The van der Waals surface area contributed by atoms with Crippen LogP contribution in [0.15, 0.2) is 182 Å². The first-order chi connectivity index (χ1) is 28.7. The predicted octanol–water partition coefficient (Wildman–Crippen LogP) is 16.3. The van der Waals surface area contributed by atoms with E-state index in [-0.39, 0.29) is 0 Å². The molecule has 11 rings (SSSR count). The van der Waals surface area contributed by atoms with Gasteiger partial charge in [0.2, 0.25) is 0 Å². The fraction of sp³-hybridized carbons (Fsp3) is 0.0714. The number of ether oxygens (including phenoxy) is 1. The molecule has 1 nitrogen and oxygen atoms in total. The molecule has 0 bridgehead atoms. The summed E-state index contributed by atoms with van der Waals surface area (Å²) < 4.78 is 8.65. The van der Waals surface area contributed by atoms with Gasteiger partial charge in [-0.1, -0.05) is 165 Å². The van der Waals surface area contributed by atoms with Gasteiger partial charge in [-0.25, -0.2) is 0 Å². The van der Waals surface area contributed by atoms with Gasteiger partial charge in [-0.2, -0.15) is 0 Å². The first-order valence-corrected chi connectivity index (χ1v) is 21.2. The molecule has 10 aromatic carbocycles. The zero-order valence-electron chi connectivity index (χ0n) is 32.6. The molecule has 0 N–H and O–H groups in total. The lowest BCUT2D eigenvalue weighted by atomic mass is 9.83. The van der Waals surface area contributed by atoms with Gasteiger partial charge in [-0.05, 0) is 131 Å². The first kappa shape index (κ1) is 34.5. The van der Waals surface area contributed by atoms with E-state index < -0.39 is 0 Å². The van der Waals surface area contributed by atoms with Crippen molar-refractivity contribution in [2.75, 3.05) is 6.61 Å². The molecule has 2 heteroatoms. The molecular weight excluding hydrogens is 721 g/mol. The van der Waals surface area contributed by atoms with Crippen LogP contribution in [0.3, 0.4) is 0 Å². The lowest BCUT2D eigenvalue weighted by molar-refractivity contribution is 0.337. The topological polar surface area (TPSA) is 9.23 Å². The number of hydrogen-bond acceptors (Lipinski definition) is 2. The summed E-state index contributed by atoms with van der Waals surface area (Å²) in [5.41, 5.74) is 11.4. The van der Waals surface area contributed by atoms with E-state index in [1.807, 2.05) is 11.3 Å². The SMILES string of the molecule is CCOc1ccc(-c2c3ccccc3c(-c3cccc4sc5cccc(-c6c7ccccc7c(-c7ccccc7)c7ccccc67)c5c34)c3ccccc23)cc1CC. The molecule has 276 valence electrons. The molecule has 1 aromatic heterocycles. The minimum Gasteiger partial charge on any atom is -0.494 e. The van der Waals surface area contributed by atoms with E-state index in [2.05, 4.69) is 196 Å². The van der Waals surface area contributed by atoms with Crippen LogP contribution >= 0.6 is 11.3 Å². The summed E-state index contributed by atoms with van der Waals surface area (Å²) in [6.45, 7) is 4.92. The zero-order valence-corrected chi connectivity index (χ0v) is 33.4. The molecule has 1 heterocycles. The van der Waals surface area contributed by atoms with Crippen LogP contribution in [-0.2, 0) is 6.42 Å². The molecule has 0 aliphatic heterocycles. The maximum atomic E-state index is 6.05. The highest BCUT2D eigenvalue weighted by molar-refractivity contribution is 7.26. The van der Waals surface area contributed by atoms with Crippen LogP contribution in [0.4, 0.5) is 0 Å². The lowest BCUT2D eigenvalue weighted by Crippen LogP contribution is -1.97. The van der Waals surface area contributed by atoms with Gasteiger partial charge in [0.1, 0.15) is 5.75 Å². The second-order valence-electron chi connectivity index (χ2n) is 15.1. The molecule has 58 heavy (non-hydrogen) atoms. The third-order valence-electron chi connectivity index (χ3n) is 12.0. The van der Waals surface area contributed by atoms with Gasteiger partial charge in [-0.3, -0.25) is 0 Å². The summed E-state index contributed by atoms with van der Waals surface area (Å²) in [5.74, 6) is 0.973. The molecule has 0 fully saturated rings. The molecule has 0 unspecified atom stereocenters. The van der Waals surface area contributed by atoms with Crippen LogP contribution in [0.5, 0.6) is 5.75 Å². The Kier molecular flexibility index (Phi) is 8.34. The van der Waals surface area contributed by atoms with Crippen molar-refractivity contribution < 1.29 is 4.74 Å². The highest BCUT2D eigenvalue weighted by Crippen LogP contribution is 2.52. The van der Waals surface area contributed by atoms with Crippen LogP contribution in [0.2, 0.25) is 0 Å². The fourth-order valence-corrected chi connectivity index (χ4v) is 10.8. The zero-order chi connectivity index (χ0) is 38.7. The standard InChI is InChI=1S/C56H40OS/c1-3-35-34-37(32-33-48(35)57-4-2)52-40-22-10-14-26-44(40)54(45-27-15-11-23-41(45)52)47-29-17-31-50-56(47)55-46(28-16-30-49(55)58-50)53-42-24-12-8-20-38(42)51(36-18-6-5-7-19-36)39-21-9-13-25-43(39)53/h5-34H,3-4H2,1-2H3. The van der Waals surface area contributed by atoms with Crippen molar-refractivity contribution in [1.29, 1.82) is 0 Å². The highest BCUT2D eigenvalue weighted by atomic mass is 32.1. The van der Waals surface area contributed by atoms with Gasteiger partial charge in [-0.15, -0.1) is 11.3 Å². The summed E-state index contributed by atoms with van der Waals surface area (Å²) in [6.07, 6.45) is 0.909. The number of benzene rings is 10. The summed E-state index contributed by atoms with van der Waals surface area (Å²) in [6, 6.07) is 67.5. The quantitative estimate of drug-likeness (QED) is 0.147. The Bertz CT molecular complexity index is 3280. The second kappa shape index (κ2) is 14.0. The number of hydrogen-bond donors (Lipinski definition) is 0. The Morgan fingerprint density at radius 1 is 0.379 bits per heavy atom. The van der Waals surface area contributed by atoms with Crippen LogP contribution in [-0.4, -0.2) is 6.61 Å². The molecular formula is C56H40OS. The van der Waals surface area contributed by atoms with Crippen molar-refractivity contribution in [3.8, 4) is 50.3 Å². The Morgan fingerprint density at radius 2 is 0.793 bits per heavy atom. The van der Waals surface area contributed by atoms with Gasteiger partial charge in [0.15, 0.2) is 0 Å². The molecule has 11 aromatic rings. The van der Waals surface area contributed by atoms with E-state index in [4.69, 9.17) is 4.74 Å². The van der Waals surface area contributed by atoms with Crippen molar-refractivity contribution in [2.24, 2.45) is 0 Å². The molecule has 0 atom stereocenters.